The Morgan fingerprint density at radius 3 is 2.66 bits per heavy atom. The number of piperidine rings is 1. The molecule has 0 bridgehead atoms. The van der Waals surface area contributed by atoms with Crippen molar-refractivity contribution in [2.24, 2.45) is 5.73 Å². The second-order valence-corrected chi connectivity index (χ2v) is 9.25. The Bertz CT molecular complexity index is 1530. The third-order valence-electron chi connectivity index (χ3n) is 6.82. The van der Waals surface area contributed by atoms with Crippen molar-refractivity contribution in [1.29, 1.82) is 0 Å². The molecule has 2 saturated heterocycles. The third kappa shape index (κ3) is 3.46. The number of fused-ring (bicyclic) bond motifs is 2. The van der Waals surface area contributed by atoms with E-state index in [0.29, 0.717) is 22.9 Å². The first-order valence-corrected chi connectivity index (χ1v) is 12.0. The summed E-state index contributed by atoms with van der Waals surface area (Å²) in [7, 11) is 0. The van der Waals surface area contributed by atoms with E-state index >= 15 is 0 Å². The van der Waals surface area contributed by atoms with Gasteiger partial charge in [-0.2, -0.15) is 5.10 Å². The van der Waals surface area contributed by atoms with E-state index < -0.39 is 0 Å². The summed E-state index contributed by atoms with van der Waals surface area (Å²) < 4.78 is 0. The number of aromatic amines is 2. The fraction of sp³-hybridized carbons (Fsp3) is 0.333. The number of hydrogen-bond acceptors (Lipinski definition) is 9. The number of nitrogens with zero attached hydrogens (tertiary/aromatic N) is 8. The summed E-state index contributed by atoms with van der Waals surface area (Å²) in [6.45, 7) is 3.67. The Balaban J connectivity index is 1.28. The van der Waals surface area contributed by atoms with E-state index in [1.807, 2.05) is 18.3 Å². The average molecular weight is 468 g/mol. The molecule has 0 unspecified atom stereocenters. The summed E-state index contributed by atoms with van der Waals surface area (Å²) in [6.07, 6.45) is 9.01. The number of imidazole rings is 1. The molecule has 7 heterocycles. The molecule has 4 N–H and O–H groups in total. The Morgan fingerprint density at radius 2 is 1.80 bits per heavy atom. The minimum atomic E-state index is 0.192. The Kier molecular flexibility index (Phi) is 4.62. The Morgan fingerprint density at radius 1 is 0.914 bits per heavy atom. The lowest BCUT2D eigenvalue weighted by atomic mass is 10.1. The predicted octanol–water partition coefficient (Wildman–Crippen LogP) is 2.49. The highest BCUT2D eigenvalue weighted by atomic mass is 15.3. The number of rotatable bonds is 4. The molecule has 0 spiro atoms. The molecule has 35 heavy (non-hydrogen) atoms. The van der Waals surface area contributed by atoms with Crippen molar-refractivity contribution in [3.8, 4) is 22.9 Å². The smallest absolute Gasteiger partial charge is 0.180 e. The molecule has 0 atom stereocenters. The maximum Gasteiger partial charge on any atom is 0.180 e. The van der Waals surface area contributed by atoms with Crippen LogP contribution in [0.2, 0.25) is 0 Å². The van der Waals surface area contributed by atoms with Gasteiger partial charge >= 0.3 is 0 Å². The van der Waals surface area contributed by atoms with E-state index in [1.54, 1.807) is 12.4 Å². The largest absolute Gasteiger partial charge is 0.370 e. The average Bonchev–Trinajstić information content (AvgIpc) is 3.51. The fourth-order valence-corrected chi connectivity index (χ4v) is 4.95. The number of nitrogens with one attached hydrogen (secondary N) is 2. The number of anilines is 2. The number of nitrogens with two attached hydrogens (primary N) is 1. The van der Waals surface area contributed by atoms with Crippen LogP contribution in [0.1, 0.15) is 19.3 Å². The van der Waals surface area contributed by atoms with Gasteiger partial charge in [0.15, 0.2) is 17.2 Å². The Hall–Kier alpha value is -4.12. The van der Waals surface area contributed by atoms with Crippen LogP contribution in [0, 0.1) is 0 Å². The highest BCUT2D eigenvalue weighted by Gasteiger charge is 2.25. The summed E-state index contributed by atoms with van der Waals surface area (Å²) >= 11 is 0. The van der Waals surface area contributed by atoms with Crippen molar-refractivity contribution in [2.75, 3.05) is 36.0 Å². The van der Waals surface area contributed by atoms with Gasteiger partial charge in [0.2, 0.25) is 0 Å². The van der Waals surface area contributed by atoms with Gasteiger partial charge in [0, 0.05) is 38.4 Å². The maximum absolute atomic E-state index is 5.93. The lowest BCUT2D eigenvalue weighted by molar-refractivity contribution is 0.514. The highest BCUT2D eigenvalue weighted by molar-refractivity contribution is 5.93. The minimum absolute atomic E-state index is 0.192. The first kappa shape index (κ1) is 20.3. The molecule has 0 radical (unpaired) electrons. The van der Waals surface area contributed by atoms with Gasteiger partial charge in [0.1, 0.15) is 22.5 Å². The summed E-state index contributed by atoms with van der Waals surface area (Å²) in [6, 6.07) is 6.14. The highest BCUT2D eigenvalue weighted by Crippen LogP contribution is 2.31. The van der Waals surface area contributed by atoms with Crippen LogP contribution in [0.5, 0.6) is 0 Å². The molecule has 0 aliphatic carbocycles. The number of hydrogen-bond donors (Lipinski definition) is 3. The molecule has 11 nitrogen and oxygen atoms in total. The van der Waals surface area contributed by atoms with Crippen LogP contribution in [-0.2, 0) is 0 Å². The Labute approximate surface area is 200 Å². The van der Waals surface area contributed by atoms with Gasteiger partial charge in [-0.25, -0.2) is 19.9 Å². The molecule has 11 heteroatoms. The van der Waals surface area contributed by atoms with E-state index in [0.717, 1.165) is 59.9 Å². The zero-order valence-corrected chi connectivity index (χ0v) is 19.1. The molecule has 176 valence electrons. The molecule has 0 aromatic carbocycles. The van der Waals surface area contributed by atoms with Crippen molar-refractivity contribution >= 4 is 33.7 Å². The molecule has 5 aromatic heterocycles. The van der Waals surface area contributed by atoms with Crippen molar-refractivity contribution in [3.05, 3.63) is 36.8 Å². The van der Waals surface area contributed by atoms with Crippen LogP contribution in [0.15, 0.2) is 36.8 Å². The number of pyridine rings is 2. The van der Waals surface area contributed by atoms with Gasteiger partial charge in [-0.05, 0) is 37.5 Å². The third-order valence-corrected chi connectivity index (χ3v) is 6.82. The topological polar surface area (TPSA) is 141 Å². The van der Waals surface area contributed by atoms with Crippen molar-refractivity contribution in [1.82, 2.24) is 40.1 Å². The second-order valence-electron chi connectivity index (χ2n) is 9.25. The molecule has 2 aliphatic heterocycles. The van der Waals surface area contributed by atoms with Crippen LogP contribution in [0.25, 0.3) is 45.1 Å². The zero-order chi connectivity index (χ0) is 23.4. The first-order valence-electron chi connectivity index (χ1n) is 12.0. The van der Waals surface area contributed by atoms with Crippen LogP contribution < -0.4 is 15.5 Å². The quantitative estimate of drug-likeness (QED) is 0.363. The minimum Gasteiger partial charge on any atom is -0.370 e. The normalized spacial score (nSPS) is 16.8. The molecule has 0 amide bonds. The van der Waals surface area contributed by atoms with Crippen LogP contribution in [0.4, 0.5) is 11.5 Å². The van der Waals surface area contributed by atoms with Crippen LogP contribution >= 0.6 is 0 Å². The molecular weight excluding hydrogens is 442 g/mol. The van der Waals surface area contributed by atoms with Gasteiger partial charge in [-0.15, -0.1) is 0 Å². The molecule has 2 aliphatic rings. The lowest BCUT2D eigenvalue weighted by Gasteiger charge is -2.37. The lowest BCUT2D eigenvalue weighted by Crippen LogP contribution is -2.56. The van der Waals surface area contributed by atoms with Gasteiger partial charge in [-0.3, -0.25) is 10.1 Å². The summed E-state index contributed by atoms with van der Waals surface area (Å²) in [4.78, 5) is 31.3. The van der Waals surface area contributed by atoms with Gasteiger partial charge in [-0.1, -0.05) is 0 Å². The van der Waals surface area contributed by atoms with Crippen LogP contribution in [-0.4, -0.2) is 72.3 Å². The zero-order valence-electron chi connectivity index (χ0n) is 19.1. The summed E-state index contributed by atoms with van der Waals surface area (Å²) in [5.41, 5.74) is 12.3. The van der Waals surface area contributed by atoms with Crippen molar-refractivity contribution < 1.29 is 0 Å². The van der Waals surface area contributed by atoms with Gasteiger partial charge < -0.3 is 20.5 Å². The summed E-state index contributed by atoms with van der Waals surface area (Å²) in [5.74, 6) is 1.45. The van der Waals surface area contributed by atoms with Gasteiger partial charge in [0.25, 0.3) is 0 Å². The fourth-order valence-electron chi connectivity index (χ4n) is 4.95. The van der Waals surface area contributed by atoms with Gasteiger partial charge in [0.05, 0.1) is 29.3 Å². The number of H-pyrrole nitrogens is 2. The van der Waals surface area contributed by atoms with Crippen molar-refractivity contribution in [2.45, 2.75) is 25.3 Å². The molecular formula is C24H25N11. The molecule has 0 saturated carbocycles. The molecule has 2 fully saturated rings. The van der Waals surface area contributed by atoms with E-state index in [-0.39, 0.29) is 6.04 Å². The van der Waals surface area contributed by atoms with E-state index in [1.165, 1.54) is 19.3 Å². The number of aromatic nitrogens is 8. The van der Waals surface area contributed by atoms with E-state index in [4.69, 9.17) is 20.7 Å². The SMILES string of the molecule is NC1CN(c2cncc(-c3ccc4[nH]nc(-c5nc6nccc(N7CCCCC7)c6[nH]5)c4n3)n2)C1. The van der Waals surface area contributed by atoms with Crippen LogP contribution in [0.3, 0.4) is 0 Å². The first-order chi connectivity index (χ1) is 17.2. The van der Waals surface area contributed by atoms with Crippen molar-refractivity contribution in [3.63, 3.8) is 0 Å². The maximum atomic E-state index is 5.93. The molecule has 5 aromatic rings. The standard InChI is InChI=1S/C24H25N11/c25-14-12-35(13-14)19-11-26-10-17(28-19)15-4-5-16-20(29-15)22(33-32-16)24-30-21-18(6-7-27-23(21)31-24)34-8-2-1-3-9-34/h4-7,10-11,14H,1-3,8-9,12-13,25H2,(H,32,33)(H,27,30,31). The summed E-state index contributed by atoms with van der Waals surface area (Å²) in [5, 5.41) is 7.61. The van der Waals surface area contributed by atoms with E-state index in [2.05, 4.69) is 41.0 Å². The second kappa shape index (κ2) is 7.98. The predicted molar refractivity (Wildman–Crippen MR) is 134 cm³/mol. The monoisotopic (exact) mass is 467 g/mol. The molecule has 7 rings (SSSR count). The van der Waals surface area contributed by atoms with E-state index in [9.17, 15) is 0 Å².